The highest BCUT2D eigenvalue weighted by atomic mass is 16.7. The van der Waals surface area contributed by atoms with Gasteiger partial charge in [0.2, 0.25) is 0 Å². The fraction of sp³-hybridized carbons (Fsp3) is 0.562. The Morgan fingerprint density at radius 1 is 1.18 bits per heavy atom. The minimum Gasteiger partial charge on any atom is -0.399 e. The Labute approximate surface area is 131 Å². The van der Waals surface area contributed by atoms with Gasteiger partial charge in [-0.3, -0.25) is 0 Å². The van der Waals surface area contributed by atoms with E-state index in [4.69, 9.17) is 9.31 Å². The van der Waals surface area contributed by atoms with E-state index >= 15 is 0 Å². The predicted molar refractivity (Wildman–Crippen MR) is 87.3 cm³/mol. The van der Waals surface area contributed by atoms with Gasteiger partial charge in [-0.15, -0.1) is 0 Å². The molecule has 6 heteroatoms. The summed E-state index contributed by atoms with van der Waals surface area (Å²) in [4.78, 5) is 11.8. The molecule has 0 atom stereocenters. The number of hydrogen-bond acceptors (Lipinski definition) is 3. The van der Waals surface area contributed by atoms with Gasteiger partial charge in [0.05, 0.1) is 11.2 Å². The van der Waals surface area contributed by atoms with Gasteiger partial charge in [-0.1, -0.05) is 12.1 Å². The van der Waals surface area contributed by atoms with E-state index in [2.05, 4.69) is 10.6 Å². The molecule has 5 nitrogen and oxygen atoms in total. The second-order valence-electron chi connectivity index (χ2n) is 7.09. The molecule has 1 saturated heterocycles. The SMILES string of the molecule is CC1(C)OB(c2cccc(NC(=O)NC3CC3)c2)OC1(C)C. The molecule has 0 aromatic heterocycles. The second-order valence-corrected chi connectivity index (χ2v) is 7.09. The molecule has 118 valence electrons. The van der Waals surface area contributed by atoms with Crippen molar-refractivity contribution in [2.45, 2.75) is 57.8 Å². The van der Waals surface area contributed by atoms with Crippen LogP contribution in [0.15, 0.2) is 24.3 Å². The lowest BCUT2D eigenvalue weighted by Gasteiger charge is -2.32. The second kappa shape index (κ2) is 5.28. The van der Waals surface area contributed by atoms with E-state index < -0.39 is 7.12 Å². The third kappa shape index (κ3) is 3.13. The van der Waals surface area contributed by atoms with Crippen LogP contribution in [0.2, 0.25) is 0 Å². The lowest BCUT2D eigenvalue weighted by molar-refractivity contribution is 0.00578. The molecule has 0 radical (unpaired) electrons. The number of carbonyl (C=O) groups excluding carboxylic acids is 1. The molecule has 1 saturated carbocycles. The van der Waals surface area contributed by atoms with E-state index in [1.807, 2.05) is 52.0 Å². The highest BCUT2D eigenvalue weighted by molar-refractivity contribution is 6.62. The van der Waals surface area contributed by atoms with Gasteiger partial charge in [0, 0.05) is 11.7 Å². The quantitative estimate of drug-likeness (QED) is 0.842. The number of amides is 2. The molecule has 0 spiro atoms. The summed E-state index contributed by atoms with van der Waals surface area (Å²) in [6, 6.07) is 7.79. The first-order chi connectivity index (χ1) is 10.3. The van der Waals surface area contributed by atoms with Crippen molar-refractivity contribution >= 4 is 24.3 Å². The van der Waals surface area contributed by atoms with Crippen LogP contribution in [0.4, 0.5) is 10.5 Å². The molecule has 1 aliphatic carbocycles. The zero-order valence-corrected chi connectivity index (χ0v) is 13.6. The van der Waals surface area contributed by atoms with E-state index in [1.165, 1.54) is 0 Å². The van der Waals surface area contributed by atoms with Gasteiger partial charge in [-0.25, -0.2) is 4.79 Å². The summed E-state index contributed by atoms with van der Waals surface area (Å²) in [6.45, 7) is 8.10. The van der Waals surface area contributed by atoms with Crippen molar-refractivity contribution in [3.63, 3.8) is 0 Å². The molecule has 2 fully saturated rings. The van der Waals surface area contributed by atoms with E-state index in [1.54, 1.807) is 0 Å². The fourth-order valence-corrected chi connectivity index (χ4v) is 2.32. The molecule has 0 bridgehead atoms. The van der Waals surface area contributed by atoms with Gasteiger partial charge in [0.15, 0.2) is 0 Å². The Kier molecular flexibility index (Phi) is 3.69. The summed E-state index contributed by atoms with van der Waals surface area (Å²) in [5.41, 5.74) is 0.905. The van der Waals surface area contributed by atoms with Gasteiger partial charge < -0.3 is 19.9 Å². The first-order valence-electron chi connectivity index (χ1n) is 7.80. The van der Waals surface area contributed by atoms with Gasteiger partial charge in [-0.2, -0.15) is 0 Å². The average Bonchev–Trinajstić information content (AvgIpc) is 3.17. The zero-order chi connectivity index (χ0) is 16.0. The monoisotopic (exact) mass is 302 g/mol. The van der Waals surface area contributed by atoms with E-state index in [0.29, 0.717) is 6.04 Å². The largest absolute Gasteiger partial charge is 0.494 e. The van der Waals surface area contributed by atoms with Crippen molar-refractivity contribution in [1.82, 2.24) is 5.32 Å². The molecule has 3 rings (SSSR count). The molecule has 1 aliphatic heterocycles. The first kappa shape index (κ1) is 15.4. The molecular formula is C16H23BN2O3. The molecule has 1 heterocycles. The first-order valence-corrected chi connectivity index (χ1v) is 7.80. The number of benzene rings is 1. The zero-order valence-electron chi connectivity index (χ0n) is 13.6. The average molecular weight is 302 g/mol. The third-order valence-corrected chi connectivity index (χ3v) is 4.58. The van der Waals surface area contributed by atoms with Crippen molar-refractivity contribution in [2.75, 3.05) is 5.32 Å². The van der Waals surface area contributed by atoms with Crippen molar-refractivity contribution in [2.24, 2.45) is 0 Å². The van der Waals surface area contributed by atoms with Crippen LogP contribution < -0.4 is 16.1 Å². The van der Waals surface area contributed by atoms with Crippen molar-refractivity contribution < 1.29 is 14.1 Å². The summed E-state index contributed by atoms with van der Waals surface area (Å²) in [5, 5.41) is 5.76. The molecule has 1 aromatic carbocycles. The smallest absolute Gasteiger partial charge is 0.399 e. The van der Waals surface area contributed by atoms with E-state index in [9.17, 15) is 4.79 Å². The summed E-state index contributed by atoms with van der Waals surface area (Å²) in [7, 11) is -0.418. The Hall–Kier alpha value is -1.53. The van der Waals surface area contributed by atoms with Gasteiger partial charge in [-0.05, 0) is 58.1 Å². The van der Waals surface area contributed by atoms with Crippen LogP contribution in [-0.4, -0.2) is 30.4 Å². The number of hydrogen-bond donors (Lipinski definition) is 2. The Morgan fingerprint density at radius 2 is 1.82 bits per heavy atom. The molecule has 1 aromatic rings. The van der Waals surface area contributed by atoms with E-state index in [-0.39, 0.29) is 17.2 Å². The van der Waals surface area contributed by atoms with Gasteiger partial charge in [0.25, 0.3) is 0 Å². The number of rotatable bonds is 3. The predicted octanol–water partition coefficient (Wildman–Crippen LogP) is 2.27. The highest BCUT2D eigenvalue weighted by Crippen LogP contribution is 2.36. The fourth-order valence-electron chi connectivity index (χ4n) is 2.32. The topological polar surface area (TPSA) is 59.6 Å². The van der Waals surface area contributed by atoms with Crippen LogP contribution in [-0.2, 0) is 9.31 Å². The van der Waals surface area contributed by atoms with Crippen LogP contribution in [0.1, 0.15) is 40.5 Å². The van der Waals surface area contributed by atoms with Crippen molar-refractivity contribution in [3.05, 3.63) is 24.3 Å². The normalized spacial score (nSPS) is 22.5. The van der Waals surface area contributed by atoms with Gasteiger partial charge >= 0.3 is 13.1 Å². The molecule has 2 amide bonds. The highest BCUT2D eigenvalue weighted by Gasteiger charge is 2.51. The maximum Gasteiger partial charge on any atom is 0.494 e. The maximum atomic E-state index is 11.8. The van der Waals surface area contributed by atoms with E-state index in [0.717, 1.165) is 24.0 Å². The number of nitrogens with one attached hydrogen (secondary N) is 2. The van der Waals surface area contributed by atoms with Crippen LogP contribution in [0.3, 0.4) is 0 Å². The summed E-state index contributed by atoms with van der Waals surface area (Å²) < 4.78 is 12.1. The molecule has 0 unspecified atom stereocenters. The minimum absolute atomic E-state index is 0.159. The Morgan fingerprint density at radius 3 is 2.41 bits per heavy atom. The number of urea groups is 1. The molecular weight excluding hydrogens is 279 g/mol. The Bertz CT molecular complexity index is 569. The summed E-state index contributed by atoms with van der Waals surface area (Å²) in [6.07, 6.45) is 2.14. The lowest BCUT2D eigenvalue weighted by atomic mass is 9.79. The number of anilines is 1. The maximum absolute atomic E-state index is 11.8. The van der Waals surface area contributed by atoms with Crippen LogP contribution in [0.5, 0.6) is 0 Å². The van der Waals surface area contributed by atoms with Crippen molar-refractivity contribution in [1.29, 1.82) is 0 Å². The van der Waals surface area contributed by atoms with Gasteiger partial charge in [0.1, 0.15) is 0 Å². The van der Waals surface area contributed by atoms with Crippen molar-refractivity contribution in [3.8, 4) is 0 Å². The van der Waals surface area contributed by atoms with Crippen LogP contribution in [0.25, 0.3) is 0 Å². The summed E-state index contributed by atoms with van der Waals surface area (Å²) >= 11 is 0. The molecule has 2 N–H and O–H groups in total. The van der Waals surface area contributed by atoms with Crippen LogP contribution in [0, 0.1) is 0 Å². The Balaban J connectivity index is 1.70. The summed E-state index contributed by atoms with van der Waals surface area (Å²) in [5.74, 6) is 0. The standard InChI is InChI=1S/C16H23BN2O3/c1-15(2)16(3,4)22-17(21-15)11-6-5-7-13(10-11)19-14(20)18-12-8-9-12/h5-7,10,12H,8-9H2,1-4H3,(H2,18,19,20). The lowest BCUT2D eigenvalue weighted by Crippen LogP contribution is -2.41. The number of carbonyl (C=O) groups is 1. The molecule has 2 aliphatic rings. The third-order valence-electron chi connectivity index (χ3n) is 4.58. The van der Waals surface area contributed by atoms with Crippen LogP contribution >= 0.6 is 0 Å². The minimum atomic E-state index is -0.418. The molecule has 22 heavy (non-hydrogen) atoms.